The first kappa shape index (κ1) is 12.1. The Balaban J connectivity index is 2.68. The number of hydrogen-bond donors (Lipinski definition) is 3. The van der Waals surface area contributed by atoms with E-state index >= 15 is 0 Å². The van der Waals surface area contributed by atoms with Gasteiger partial charge in [0.2, 0.25) is 0 Å². The van der Waals surface area contributed by atoms with Crippen LogP contribution in [0.1, 0.15) is 27.9 Å². The fourth-order valence-corrected chi connectivity index (χ4v) is 1.06. The van der Waals surface area contributed by atoms with E-state index < -0.39 is 5.91 Å². The molecule has 1 rings (SSSR count). The molecule has 16 heavy (non-hydrogen) atoms. The fourth-order valence-electron chi connectivity index (χ4n) is 1.06. The molecule has 6 nitrogen and oxygen atoms in total. The van der Waals surface area contributed by atoms with Crippen LogP contribution in [0.3, 0.4) is 0 Å². The van der Waals surface area contributed by atoms with Gasteiger partial charge in [0.1, 0.15) is 11.4 Å². The van der Waals surface area contributed by atoms with Gasteiger partial charge in [-0.1, -0.05) is 13.0 Å². The second-order valence-corrected chi connectivity index (χ2v) is 3.06. The second-order valence-electron chi connectivity index (χ2n) is 3.06. The number of nitrogens with zero attached hydrogens (tertiary/aromatic N) is 1. The average Bonchev–Trinajstić information content (AvgIpc) is 2.29. The molecule has 0 bridgehead atoms. The lowest BCUT2D eigenvalue weighted by molar-refractivity contribution is 0.0945. The SMILES string of the molecule is CCNCNC(=O)c1cccc(C(N)=O)n1. The molecule has 6 heteroatoms. The van der Waals surface area contributed by atoms with Crippen LogP contribution in [0.15, 0.2) is 18.2 Å². The van der Waals surface area contributed by atoms with E-state index in [1.807, 2.05) is 6.92 Å². The Labute approximate surface area is 93.2 Å². The largest absolute Gasteiger partial charge is 0.364 e. The third kappa shape index (κ3) is 3.32. The zero-order valence-electron chi connectivity index (χ0n) is 8.99. The summed E-state index contributed by atoms with van der Waals surface area (Å²) in [6, 6.07) is 4.55. The van der Waals surface area contributed by atoms with Crippen molar-refractivity contribution in [3.8, 4) is 0 Å². The molecule has 86 valence electrons. The Bertz CT molecular complexity index is 392. The summed E-state index contributed by atoms with van der Waals surface area (Å²) in [6.07, 6.45) is 0. The van der Waals surface area contributed by atoms with Crippen LogP contribution in [-0.4, -0.2) is 30.0 Å². The summed E-state index contributed by atoms with van der Waals surface area (Å²) in [6.45, 7) is 3.05. The third-order valence-corrected chi connectivity index (χ3v) is 1.86. The number of aromatic nitrogens is 1. The first-order valence-electron chi connectivity index (χ1n) is 4.91. The zero-order valence-corrected chi connectivity index (χ0v) is 8.99. The van der Waals surface area contributed by atoms with E-state index in [9.17, 15) is 9.59 Å². The first-order valence-corrected chi connectivity index (χ1v) is 4.91. The maximum atomic E-state index is 11.5. The number of nitrogens with one attached hydrogen (secondary N) is 2. The molecule has 0 fully saturated rings. The quantitative estimate of drug-likeness (QED) is 0.461. The van der Waals surface area contributed by atoms with Crippen molar-refractivity contribution in [1.29, 1.82) is 0 Å². The molecule has 1 aromatic heterocycles. The summed E-state index contributed by atoms with van der Waals surface area (Å²) < 4.78 is 0. The van der Waals surface area contributed by atoms with Gasteiger partial charge in [0, 0.05) is 0 Å². The molecular formula is C10H14N4O2. The van der Waals surface area contributed by atoms with Crippen molar-refractivity contribution in [3.63, 3.8) is 0 Å². The predicted molar refractivity (Wildman–Crippen MR) is 58.8 cm³/mol. The van der Waals surface area contributed by atoms with Crippen LogP contribution in [0.5, 0.6) is 0 Å². The summed E-state index contributed by atoms with van der Waals surface area (Å²) >= 11 is 0. The minimum atomic E-state index is -0.652. The monoisotopic (exact) mass is 222 g/mol. The summed E-state index contributed by atoms with van der Waals surface area (Å²) in [5.74, 6) is -0.995. The molecule has 0 atom stereocenters. The Kier molecular flexibility index (Phi) is 4.41. The molecule has 0 aliphatic rings. The smallest absolute Gasteiger partial charge is 0.270 e. The van der Waals surface area contributed by atoms with Gasteiger partial charge in [-0.05, 0) is 18.7 Å². The highest BCUT2D eigenvalue weighted by molar-refractivity contribution is 5.95. The molecule has 4 N–H and O–H groups in total. The van der Waals surface area contributed by atoms with Gasteiger partial charge in [-0.2, -0.15) is 0 Å². The van der Waals surface area contributed by atoms with Gasteiger partial charge in [0.05, 0.1) is 6.67 Å². The van der Waals surface area contributed by atoms with Crippen molar-refractivity contribution >= 4 is 11.8 Å². The Hall–Kier alpha value is -1.95. The van der Waals surface area contributed by atoms with Crippen molar-refractivity contribution in [2.24, 2.45) is 5.73 Å². The maximum absolute atomic E-state index is 11.5. The third-order valence-electron chi connectivity index (χ3n) is 1.86. The molecule has 0 saturated carbocycles. The van der Waals surface area contributed by atoms with Crippen molar-refractivity contribution in [2.75, 3.05) is 13.2 Å². The molecule has 0 spiro atoms. The Morgan fingerprint density at radius 3 is 2.69 bits per heavy atom. The predicted octanol–water partition coefficient (Wildman–Crippen LogP) is -0.523. The summed E-state index contributed by atoms with van der Waals surface area (Å²) in [7, 11) is 0. The normalized spacial score (nSPS) is 9.81. The lowest BCUT2D eigenvalue weighted by atomic mass is 10.3. The van der Waals surface area contributed by atoms with Crippen molar-refractivity contribution in [1.82, 2.24) is 15.6 Å². The minimum Gasteiger partial charge on any atom is -0.364 e. The molecule has 1 aromatic rings. The van der Waals surface area contributed by atoms with Crippen LogP contribution in [0.25, 0.3) is 0 Å². The second kappa shape index (κ2) is 5.82. The van der Waals surface area contributed by atoms with E-state index in [0.717, 1.165) is 6.54 Å². The Morgan fingerprint density at radius 2 is 2.06 bits per heavy atom. The van der Waals surface area contributed by atoms with E-state index in [1.54, 1.807) is 6.07 Å². The summed E-state index contributed by atoms with van der Waals surface area (Å²) in [4.78, 5) is 26.2. The molecule has 0 aliphatic heterocycles. The van der Waals surface area contributed by atoms with E-state index in [1.165, 1.54) is 12.1 Å². The lowest BCUT2D eigenvalue weighted by Crippen LogP contribution is -2.34. The van der Waals surface area contributed by atoms with Crippen LogP contribution in [0.4, 0.5) is 0 Å². The Morgan fingerprint density at radius 1 is 1.38 bits per heavy atom. The van der Waals surface area contributed by atoms with Crippen molar-refractivity contribution in [2.45, 2.75) is 6.92 Å². The molecule has 0 saturated heterocycles. The van der Waals surface area contributed by atoms with Gasteiger partial charge < -0.3 is 16.4 Å². The minimum absolute atomic E-state index is 0.0797. The van der Waals surface area contributed by atoms with E-state index in [4.69, 9.17) is 5.73 Å². The van der Waals surface area contributed by atoms with Crippen LogP contribution < -0.4 is 16.4 Å². The van der Waals surface area contributed by atoms with Gasteiger partial charge >= 0.3 is 0 Å². The molecule has 2 amide bonds. The number of amides is 2. The molecule has 0 radical (unpaired) electrons. The van der Waals surface area contributed by atoms with E-state index in [0.29, 0.717) is 6.67 Å². The van der Waals surface area contributed by atoms with E-state index in [2.05, 4.69) is 15.6 Å². The highest BCUT2D eigenvalue weighted by Gasteiger charge is 2.09. The molecule has 0 aromatic carbocycles. The van der Waals surface area contributed by atoms with Gasteiger partial charge in [-0.15, -0.1) is 0 Å². The first-order chi connectivity index (χ1) is 7.65. The summed E-state index contributed by atoms with van der Waals surface area (Å²) in [5.41, 5.74) is 5.31. The number of carbonyl (C=O) groups is 2. The lowest BCUT2D eigenvalue weighted by Gasteiger charge is -2.05. The van der Waals surface area contributed by atoms with Gasteiger partial charge in [-0.25, -0.2) is 4.98 Å². The molecule has 1 heterocycles. The van der Waals surface area contributed by atoms with Gasteiger partial charge in [0.15, 0.2) is 0 Å². The van der Waals surface area contributed by atoms with Gasteiger partial charge in [0.25, 0.3) is 11.8 Å². The van der Waals surface area contributed by atoms with E-state index in [-0.39, 0.29) is 17.3 Å². The summed E-state index contributed by atoms with van der Waals surface area (Å²) in [5, 5.41) is 5.54. The molecular weight excluding hydrogens is 208 g/mol. The number of hydrogen-bond acceptors (Lipinski definition) is 4. The topological polar surface area (TPSA) is 97.1 Å². The van der Waals surface area contributed by atoms with Crippen LogP contribution in [0.2, 0.25) is 0 Å². The fraction of sp³-hybridized carbons (Fsp3) is 0.300. The van der Waals surface area contributed by atoms with Gasteiger partial charge in [-0.3, -0.25) is 9.59 Å². The zero-order chi connectivity index (χ0) is 12.0. The van der Waals surface area contributed by atoms with Crippen molar-refractivity contribution < 1.29 is 9.59 Å². The molecule has 0 unspecified atom stereocenters. The maximum Gasteiger partial charge on any atom is 0.270 e. The highest BCUT2D eigenvalue weighted by Crippen LogP contribution is 1.98. The number of primary amides is 1. The van der Waals surface area contributed by atoms with Crippen LogP contribution in [0, 0.1) is 0 Å². The van der Waals surface area contributed by atoms with Crippen LogP contribution in [-0.2, 0) is 0 Å². The highest BCUT2D eigenvalue weighted by atomic mass is 16.2. The average molecular weight is 222 g/mol. The number of pyridine rings is 1. The number of nitrogens with two attached hydrogens (primary N) is 1. The number of carbonyl (C=O) groups excluding carboxylic acids is 2. The number of rotatable bonds is 5. The van der Waals surface area contributed by atoms with Crippen molar-refractivity contribution in [3.05, 3.63) is 29.6 Å². The van der Waals surface area contributed by atoms with Crippen LogP contribution >= 0.6 is 0 Å². The molecule has 0 aliphatic carbocycles. The standard InChI is InChI=1S/C10H14N4O2/c1-2-12-6-13-10(16)8-5-3-4-7(14-8)9(11)15/h3-5,12H,2,6H2,1H3,(H2,11,15)(H,13,16).